The molecule has 0 unspecified atom stereocenters. The van der Waals surface area contributed by atoms with Crippen molar-refractivity contribution in [2.75, 3.05) is 32.0 Å². The van der Waals surface area contributed by atoms with E-state index in [4.69, 9.17) is 4.74 Å². The van der Waals surface area contributed by atoms with E-state index in [2.05, 4.69) is 27.8 Å². The number of hydrogen-bond acceptors (Lipinski definition) is 5. The zero-order valence-corrected chi connectivity index (χ0v) is 14.6. The molecular weight excluding hydrogens is 316 g/mol. The smallest absolute Gasteiger partial charge is 0.211 e. The molecule has 0 aromatic carbocycles. The van der Waals surface area contributed by atoms with Crippen LogP contribution in [0.4, 0.5) is 0 Å². The van der Waals surface area contributed by atoms with Gasteiger partial charge in [-0.15, -0.1) is 0 Å². The number of nitrogens with zero attached hydrogens (tertiary/aromatic N) is 3. The Labute approximate surface area is 138 Å². The van der Waals surface area contributed by atoms with Gasteiger partial charge in [0.1, 0.15) is 0 Å². The number of nitrogens with one attached hydrogen (secondary N) is 1. The maximum atomic E-state index is 11.6. The van der Waals surface area contributed by atoms with E-state index in [0.717, 1.165) is 26.2 Å². The van der Waals surface area contributed by atoms with E-state index in [0.29, 0.717) is 19.1 Å². The molecule has 0 amide bonds. The average molecular weight is 342 g/mol. The molecule has 0 radical (unpaired) electrons. The number of ether oxygens (including phenoxy) is 1. The van der Waals surface area contributed by atoms with Crippen LogP contribution in [0.2, 0.25) is 0 Å². The summed E-state index contributed by atoms with van der Waals surface area (Å²) >= 11 is 0. The van der Waals surface area contributed by atoms with E-state index in [1.54, 1.807) is 6.92 Å². The van der Waals surface area contributed by atoms with Gasteiger partial charge in [-0.3, -0.25) is 9.58 Å². The minimum absolute atomic E-state index is 0.127. The van der Waals surface area contributed by atoms with Crippen LogP contribution in [0.3, 0.4) is 0 Å². The second-order valence-corrected chi connectivity index (χ2v) is 8.54. The van der Waals surface area contributed by atoms with Crippen molar-refractivity contribution in [1.82, 2.24) is 19.4 Å². The lowest BCUT2D eigenvalue weighted by Gasteiger charge is -2.19. The summed E-state index contributed by atoms with van der Waals surface area (Å²) in [5.41, 5.74) is 1.22. The van der Waals surface area contributed by atoms with Gasteiger partial charge in [-0.2, -0.15) is 5.10 Å². The first-order valence-electron chi connectivity index (χ1n) is 8.33. The number of aromatic nitrogens is 2. The van der Waals surface area contributed by atoms with Crippen LogP contribution < -0.4 is 4.72 Å². The van der Waals surface area contributed by atoms with Gasteiger partial charge in [0.25, 0.3) is 0 Å². The summed E-state index contributed by atoms with van der Waals surface area (Å²) in [7, 11) is -3.13. The topological polar surface area (TPSA) is 76.5 Å². The molecule has 1 aromatic heterocycles. The Balaban J connectivity index is 1.53. The standard InChI is InChI=1S/C15H26N4O3S/c1-3-19-8-12(5-16-19)7-18-9-14-13(11-22-15(14)10-18)6-17-23(20,21)4-2/h5,8,13-15,17H,3-4,6-7,9-11H2,1-2H3/t13-,14-,15-/m1/s1. The third kappa shape index (κ3) is 3.93. The van der Waals surface area contributed by atoms with Crippen molar-refractivity contribution in [2.24, 2.45) is 11.8 Å². The summed E-state index contributed by atoms with van der Waals surface area (Å²) in [6.07, 6.45) is 4.24. The summed E-state index contributed by atoms with van der Waals surface area (Å²) in [6.45, 7) is 8.51. The first-order chi connectivity index (χ1) is 11.0. The van der Waals surface area contributed by atoms with Gasteiger partial charge < -0.3 is 4.74 Å². The highest BCUT2D eigenvalue weighted by molar-refractivity contribution is 7.89. The Morgan fingerprint density at radius 2 is 2.22 bits per heavy atom. The lowest BCUT2D eigenvalue weighted by molar-refractivity contribution is 0.0942. The Morgan fingerprint density at radius 1 is 1.39 bits per heavy atom. The van der Waals surface area contributed by atoms with Gasteiger partial charge >= 0.3 is 0 Å². The maximum Gasteiger partial charge on any atom is 0.211 e. The maximum absolute atomic E-state index is 11.6. The molecule has 2 aliphatic rings. The van der Waals surface area contributed by atoms with Crippen LogP contribution in [-0.2, 0) is 27.8 Å². The number of sulfonamides is 1. The van der Waals surface area contributed by atoms with E-state index in [9.17, 15) is 8.42 Å². The number of rotatable bonds is 7. The molecule has 8 heteroatoms. The summed E-state index contributed by atoms with van der Waals surface area (Å²) in [4.78, 5) is 2.38. The van der Waals surface area contributed by atoms with E-state index >= 15 is 0 Å². The van der Waals surface area contributed by atoms with E-state index in [1.165, 1.54) is 5.56 Å². The van der Waals surface area contributed by atoms with E-state index < -0.39 is 10.0 Å². The minimum Gasteiger partial charge on any atom is -0.376 e. The van der Waals surface area contributed by atoms with Gasteiger partial charge in [-0.05, 0) is 13.8 Å². The van der Waals surface area contributed by atoms with Crippen LogP contribution >= 0.6 is 0 Å². The molecule has 130 valence electrons. The molecule has 0 spiro atoms. The van der Waals surface area contributed by atoms with Gasteiger partial charge in [-0.25, -0.2) is 13.1 Å². The minimum atomic E-state index is -3.13. The highest BCUT2D eigenvalue weighted by atomic mass is 32.2. The third-order valence-corrected chi connectivity index (χ3v) is 6.24. The van der Waals surface area contributed by atoms with Gasteiger partial charge in [0.05, 0.1) is 24.7 Å². The molecule has 3 rings (SSSR count). The molecule has 0 saturated carbocycles. The van der Waals surface area contributed by atoms with Crippen LogP contribution in [0.25, 0.3) is 0 Å². The Bertz CT molecular complexity index is 630. The molecule has 3 heterocycles. The van der Waals surface area contributed by atoms with Crippen LogP contribution in [0.5, 0.6) is 0 Å². The fourth-order valence-corrected chi connectivity index (χ4v) is 4.15. The van der Waals surface area contributed by atoms with Gasteiger partial charge in [-0.1, -0.05) is 0 Å². The molecule has 2 aliphatic heterocycles. The first-order valence-corrected chi connectivity index (χ1v) is 9.98. The third-order valence-electron chi connectivity index (χ3n) is 4.88. The highest BCUT2D eigenvalue weighted by Gasteiger charge is 2.43. The van der Waals surface area contributed by atoms with Crippen molar-refractivity contribution >= 4 is 10.0 Å². The summed E-state index contributed by atoms with van der Waals surface area (Å²) < 4.78 is 33.7. The largest absolute Gasteiger partial charge is 0.376 e. The second kappa shape index (κ2) is 6.88. The fourth-order valence-electron chi connectivity index (χ4n) is 3.47. The number of aryl methyl sites for hydroxylation is 1. The number of likely N-dealkylation sites (tertiary alicyclic amines) is 1. The lowest BCUT2D eigenvalue weighted by Crippen LogP contribution is -2.34. The van der Waals surface area contributed by atoms with E-state index in [1.807, 2.05) is 10.9 Å². The molecule has 3 atom stereocenters. The fraction of sp³-hybridized carbons (Fsp3) is 0.800. The quantitative estimate of drug-likeness (QED) is 0.771. The van der Waals surface area contributed by atoms with Crippen molar-refractivity contribution < 1.29 is 13.2 Å². The molecule has 0 aliphatic carbocycles. The molecule has 2 saturated heterocycles. The van der Waals surface area contributed by atoms with Gasteiger partial charge in [0, 0.05) is 56.3 Å². The Morgan fingerprint density at radius 3 is 2.91 bits per heavy atom. The normalized spacial score (nSPS) is 28.3. The number of fused-ring (bicyclic) bond motifs is 1. The van der Waals surface area contributed by atoms with Gasteiger partial charge in [0.15, 0.2) is 0 Å². The molecule has 2 fully saturated rings. The second-order valence-electron chi connectivity index (χ2n) is 6.45. The van der Waals surface area contributed by atoms with Crippen LogP contribution in [0.15, 0.2) is 12.4 Å². The predicted molar refractivity (Wildman–Crippen MR) is 87.4 cm³/mol. The zero-order valence-electron chi connectivity index (χ0n) is 13.8. The average Bonchev–Trinajstić information content (AvgIpc) is 3.21. The molecule has 7 nitrogen and oxygen atoms in total. The van der Waals surface area contributed by atoms with E-state index in [-0.39, 0.29) is 17.8 Å². The van der Waals surface area contributed by atoms with Crippen molar-refractivity contribution in [1.29, 1.82) is 0 Å². The summed E-state index contributed by atoms with van der Waals surface area (Å²) in [5.74, 6) is 0.808. The monoisotopic (exact) mass is 342 g/mol. The van der Waals surface area contributed by atoms with Crippen LogP contribution in [0, 0.1) is 11.8 Å². The molecule has 0 bridgehead atoms. The van der Waals surface area contributed by atoms with Crippen LogP contribution in [0.1, 0.15) is 19.4 Å². The predicted octanol–water partition coefficient (Wildman–Crippen LogP) is 0.289. The van der Waals surface area contributed by atoms with Gasteiger partial charge in [0.2, 0.25) is 10.0 Å². The Kier molecular flexibility index (Phi) is 5.05. The van der Waals surface area contributed by atoms with Crippen molar-refractivity contribution in [3.63, 3.8) is 0 Å². The summed E-state index contributed by atoms with van der Waals surface area (Å²) in [6, 6.07) is 0. The van der Waals surface area contributed by atoms with Crippen molar-refractivity contribution in [2.45, 2.75) is 33.0 Å². The first kappa shape index (κ1) is 16.9. The molecule has 23 heavy (non-hydrogen) atoms. The Hall–Kier alpha value is -0.960. The number of hydrogen-bond donors (Lipinski definition) is 1. The van der Waals surface area contributed by atoms with Crippen molar-refractivity contribution in [3.05, 3.63) is 18.0 Å². The van der Waals surface area contributed by atoms with Crippen LogP contribution in [-0.4, -0.2) is 61.2 Å². The molecule has 1 aromatic rings. The SMILES string of the molecule is CCn1cc(CN2C[C@@H]3[C@H](CNS(=O)(=O)CC)CO[C@@H]3C2)cn1. The summed E-state index contributed by atoms with van der Waals surface area (Å²) in [5, 5.41) is 4.31. The lowest BCUT2D eigenvalue weighted by atomic mass is 9.93. The highest BCUT2D eigenvalue weighted by Crippen LogP contribution is 2.34. The molecule has 1 N–H and O–H groups in total. The zero-order chi connectivity index (χ0) is 16.4. The molecular formula is C15H26N4O3S. The van der Waals surface area contributed by atoms with Crippen molar-refractivity contribution in [3.8, 4) is 0 Å².